The summed E-state index contributed by atoms with van der Waals surface area (Å²) in [6, 6.07) is 2.36. The van der Waals surface area contributed by atoms with Crippen molar-refractivity contribution in [3.63, 3.8) is 0 Å². The van der Waals surface area contributed by atoms with Gasteiger partial charge in [0.1, 0.15) is 24.1 Å². The van der Waals surface area contributed by atoms with Gasteiger partial charge in [-0.3, -0.25) is 19.4 Å². The SMILES string of the molecule is CC[C@H]1OC(=O)[C@H](C)[C@@H](OC(=O)Cc2cccnc2)[C@H](C)[C@@H](OC2O[C@H](C)C[C@H](N(C)C)[C@H]2O)[C@@](C)(OC)C[C@@H](C)C(=O)[C@H](C)[C@H]2NC(=O)O[C@@]21C. The molecule has 1 aromatic heterocycles. The number of nitrogens with zero attached hydrogens (tertiary/aromatic N) is 2. The van der Waals surface area contributed by atoms with Crippen molar-refractivity contribution in [2.75, 3.05) is 21.2 Å². The molecule has 3 aliphatic heterocycles. The molecular formula is C38H59N3O11. The first-order chi connectivity index (χ1) is 24.4. The van der Waals surface area contributed by atoms with E-state index in [2.05, 4.69) is 10.3 Å². The highest BCUT2D eigenvalue weighted by Crippen LogP contribution is 2.41. The van der Waals surface area contributed by atoms with Crippen molar-refractivity contribution < 1.29 is 52.7 Å². The number of nitrogens with one attached hydrogen (secondary N) is 1. The molecule has 3 aliphatic rings. The number of fused-ring (bicyclic) bond motifs is 1. The van der Waals surface area contributed by atoms with Crippen molar-refractivity contribution in [3.05, 3.63) is 30.1 Å². The maximum Gasteiger partial charge on any atom is 0.408 e. The molecule has 0 aliphatic carbocycles. The first-order valence-electron chi connectivity index (χ1n) is 18.4. The number of pyridine rings is 1. The molecule has 3 saturated heterocycles. The summed E-state index contributed by atoms with van der Waals surface area (Å²) in [6.07, 6.45) is -2.20. The van der Waals surface area contributed by atoms with Crippen LogP contribution in [0.3, 0.4) is 0 Å². The molecule has 14 atom stereocenters. The fraction of sp³-hybridized carbons (Fsp3) is 0.763. The molecule has 0 spiro atoms. The summed E-state index contributed by atoms with van der Waals surface area (Å²) in [5.41, 5.74) is -2.00. The van der Waals surface area contributed by atoms with Gasteiger partial charge >= 0.3 is 18.0 Å². The first-order valence-corrected chi connectivity index (χ1v) is 18.4. The Bertz CT molecular complexity index is 1410. The molecule has 0 saturated carbocycles. The number of amides is 1. The average Bonchev–Trinajstić information content (AvgIpc) is 3.42. The van der Waals surface area contributed by atoms with E-state index in [4.69, 9.17) is 28.4 Å². The van der Waals surface area contributed by atoms with Crippen molar-refractivity contribution in [2.24, 2.45) is 23.7 Å². The predicted molar refractivity (Wildman–Crippen MR) is 189 cm³/mol. The fourth-order valence-corrected chi connectivity index (χ4v) is 8.40. The van der Waals surface area contributed by atoms with Crippen LogP contribution in [0, 0.1) is 23.7 Å². The Morgan fingerprint density at radius 1 is 1.12 bits per heavy atom. The van der Waals surface area contributed by atoms with Gasteiger partial charge in [0.25, 0.3) is 0 Å². The lowest BCUT2D eigenvalue weighted by Gasteiger charge is -2.48. The minimum absolute atomic E-state index is 0.110. The number of carbonyl (C=O) groups is 4. The van der Waals surface area contributed by atoms with Crippen molar-refractivity contribution in [3.8, 4) is 0 Å². The Kier molecular flexibility index (Phi) is 13.5. The van der Waals surface area contributed by atoms with Gasteiger partial charge in [-0.05, 0) is 72.7 Å². The van der Waals surface area contributed by atoms with Crippen LogP contribution in [0.15, 0.2) is 24.5 Å². The van der Waals surface area contributed by atoms with Gasteiger partial charge in [-0.1, -0.05) is 33.8 Å². The molecule has 52 heavy (non-hydrogen) atoms. The molecule has 4 rings (SSSR count). The van der Waals surface area contributed by atoms with E-state index >= 15 is 0 Å². The molecule has 0 radical (unpaired) electrons. The number of methoxy groups -OCH3 is 1. The molecular weight excluding hydrogens is 674 g/mol. The third-order valence-electron chi connectivity index (χ3n) is 11.4. The summed E-state index contributed by atoms with van der Waals surface area (Å²) in [5, 5.41) is 14.3. The highest BCUT2D eigenvalue weighted by molar-refractivity contribution is 5.85. The van der Waals surface area contributed by atoms with Crippen LogP contribution < -0.4 is 5.32 Å². The molecule has 1 aromatic rings. The van der Waals surface area contributed by atoms with Gasteiger partial charge in [0.15, 0.2) is 11.9 Å². The van der Waals surface area contributed by atoms with E-state index in [1.807, 2.05) is 25.9 Å². The zero-order valence-electron chi connectivity index (χ0n) is 32.5. The summed E-state index contributed by atoms with van der Waals surface area (Å²) in [7, 11) is 5.25. The fourth-order valence-electron chi connectivity index (χ4n) is 8.40. The van der Waals surface area contributed by atoms with Gasteiger partial charge in [0, 0.05) is 43.3 Å². The van der Waals surface area contributed by atoms with E-state index < -0.39 is 89.7 Å². The average molecular weight is 734 g/mol. The summed E-state index contributed by atoms with van der Waals surface area (Å²) in [6.45, 7) is 14.1. The standard InChI is InChI=1S/C38H59N3O11/c1-12-27-38(8)32(40-36(46)52-38)22(4)29(43)20(2)18-37(7,47-11)33(51-35-30(44)26(41(9)10)16-21(3)48-35)23(5)31(24(6)34(45)49-27)50-28(42)17-25-14-13-15-39-19-25/h13-15,19-24,26-27,30-33,35,44H,12,16-18H2,1-11H3,(H,40,46)/t20-,21-,22+,23+,24-,26+,27-,30-,31+,32-,33-,35?,37+,38-/m1/s1. The number of alkyl carbamates (subject to hydrolysis) is 1. The predicted octanol–water partition coefficient (Wildman–Crippen LogP) is 3.46. The van der Waals surface area contributed by atoms with Gasteiger partial charge in [-0.25, -0.2) is 4.79 Å². The molecule has 3 fully saturated rings. The highest BCUT2D eigenvalue weighted by Gasteiger charge is 2.57. The summed E-state index contributed by atoms with van der Waals surface area (Å²) < 4.78 is 37.3. The number of ketones is 1. The Labute approximate surface area is 307 Å². The Balaban J connectivity index is 1.84. The monoisotopic (exact) mass is 733 g/mol. The van der Waals surface area contributed by atoms with E-state index in [1.54, 1.807) is 73.0 Å². The number of aliphatic hydroxyl groups is 1. The molecule has 292 valence electrons. The van der Waals surface area contributed by atoms with Crippen molar-refractivity contribution in [1.29, 1.82) is 0 Å². The molecule has 2 N–H and O–H groups in total. The van der Waals surface area contributed by atoms with Crippen molar-refractivity contribution >= 4 is 23.8 Å². The number of aliphatic hydroxyl groups excluding tert-OH is 1. The number of Topliss-reactive ketones (excluding diaryl/α,β-unsaturated/α-hetero) is 1. The van der Waals surface area contributed by atoms with Gasteiger partial charge in [-0.2, -0.15) is 0 Å². The maximum atomic E-state index is 14.2. The zero-order valence-corrected chi connectivity index (χ0v) is 32.5. The zero-order chi connectivity index (χ0) is 38.7. The summed E-state index contributed by atoms with van der Waals surface area (Å²) in [5.74, 6) is -4.66. The largest absolute Gasteiger partial charge is 0.461 e. The Morgan fingerprint density at radius 3 is 2.40 bits per heavy atom. The number of rotatable bonds is 8. The number of hydrogen-bond donors (Lipinski definition) is 2. The lowest BCUT2D eigenvalue weighted by atomic mass is 9.73. The van der Waals surface area contributed by atoms with E-state index in [1.165, 1.54) is 7.11 Å². The minimum Gasteiger partial charge on any atom is -0.461 e. The molecule has 4 heterocycles. The molecule has 1 unspecified atom stereocenters. The number of cyclic esters (lactones) is 1. The minimum atomic E-state index is -1.37. The summed E-state index contributed by atoms with van der Waals surface area (Å²) in [4.78, 5) is 60.8. The lowest BCUT2D eigenvalue weighted by molar-refractivity contribution is -0.301. The number of ether oxygens (including phenoxy) is 6. The van der Waals surface area contributed by atoms with E-state index in [0.29, 0.717) is 12.0 Å². The van der Waals surface area contributed by atoms with Crippen LogP contribution in [-0.2, 0) is 49.2 Å². The van der Waals surface area contributed by atoms with Crippen LogP contribution in [0.4, 0.5) is 4.79 Å². The van der Waals surface area contributed by atoms with Crippen LogP contribution in [0.1, 0.15) is 80.2 Å². The number of hydrogen-bond acceptors (Lipinski definition) is 13. The molecule has 14 heteroatoms. The number of aromatic nitrogens is 1. The van der Waals surface area contributed by atoms with Gasteiger partial charge in [0.05, 0.1) is 36.2 Å². The second kappa shape index (κ2) is 16.9. The van der Waals surface area contributed by atoms with Gasteiger partial charge < -0.3 is 43.7 Å². The summed E-state index contributed by atoms with van der Waals surface area (Å²) >= 11 is 0. The highest BCUT2D eigenvalue weighted by atomic mass is 16.7. The Morgan fingerprint density at radius 2 is 1.81 bits per heavy atom. The second-order valence-corrected chi connectivity index (χ2v) is 15.6. The Hall–Kier alpha value is -3.17. The normalized spacial score (nSPS) is 40.6. The van der Waals surface area contributed by atoms with Gasteiger partial charge in [0.2, 0.25) is 0 Å². The topological polar surface area (TPSA) is 172 Å². The van der Waals surface area contributed by atoms with Crippen LogP contribution in [0.25, 0.3) is 0 Å². The lowest BCUT2D eigenvalue weighted by Crippen LogP contribution is -2.61. The second-order valence-electron chi connectivity index (χ2n) is 15.6. The van der Waals surface area contributed by atoms with E-state index in [-0.39, 0.29) is 37.2 Å². The number of carbonyl (C=O) groups excluding carboxylic acids is 4. The molecule has 1 amide bonds. The van der Waals surface area contributed by atoms with Gasteiger partial charge in [-0.15, -0.1) is 0 Å². The van der Waals surface area contributed by atoms with Crippen LogP contribution >= 0.6 is 0 Å². The van der Waals surface area contributed by atoms with Crippen molar-refractivity contribution in [2.45, 2.75) is 141 Å². The molecule has 0 bridgehead atoms. The van der Waals surface area contributed by atoms with Crippen LogP contribution in [0.5, 0.6) is 0 Å². The number of likely N-dealkylation sites (N-methyl/N-ethyl adjacent to an activating group) is 1. The van der Waals surface area contributed by atoms with Crippen LogP contribution in [-0.4, -0.2) is 120 Å². The van der Waals surface area contributed by atoms with E-state index in [0.717, 1.165) is 0 Å². The maximum absolute atomic E-state index is 14.2. The molecule has 0 aromatic carbocycles. The first kappa shape index (κ1) is 41.6. The number of esters is 2. The smallest absolute Gasteiger partial charge is 0.408 e. The molecule has 14 nitrogen and oxygen atoms in total. The quantitative estimate of drug-likeness (QED) is 0.294. The third kappa shape index (κ3) is 8.78. The van der Waals surface area contributed by atoms with Crippen molar-refractivity contribution in [1.82, 2.24) is 15.2 Å². The van der Waals surface area contributed by atoms with Crippen LogP contribution in [0.2, 0.25) is 0 Å². The van der Waals surface area contributed by atoms with E-state index in [9.17, 15) is 24.3 Å². The third-order valence-corrected chi connectivity index (χ3v) is 11.4.